The molecule has 4 aromatic carbocycles. The molecule has 0 bridgehead atoms. The van der Waals surface area contributed by atoms with Gasteiger partial charge in [0.05, 0.1) is 45.9 Å². The van der Waals surface area contributed by atoms with Gasteiger partial charge in [0.2, 0.25) is 17.2 Å². The van der Waals surface area contributed by atoms with E-state index in [9.17, 15) is 9.90 Å². The van der Waals surface area contributed by atoms with Gasteiger partial charge in [0.15, 0.2) is 6.54 Å². The zero-order valence-corrected chi connectivity index (χ0v) is 36.8. The van der Waals surface area contributed by atoms with Crippen LogP contribution in [0.4, 0.5) is 22.7 Å². The number of allylic oxidation sites excluding steroid dienone is 4. The van der Waals surface area contributed by atoms with Gasteiger partial charge in [-0.25, -0.2) is 10.0 Å². The first kappa shape index (κ1) is 43.5. The number of aliphatic hydroxyl groups excluding tert-OH is 1. The van der Waals surface area contributed by atoms with E-state index >= 15 is 0 Å². The molecule has 8 heteroatoms. The summed E-state index contributed by atoms with van der Waals surface area (Å²) in [4.78, 5) is 14.7. The normalized spacial score (nSPS) is 16.2. The molecular formula is C54H61N6O2+. The Labute approximate surface area is 368 Å². The van der Waals surface area contributed by atoms with Gasteiger partial charge in [0.1, 0.15) is 17.5 Å². The van der Waals surface area contributed by atoms with Gasteiger partial charge in [-0.2, -0.15) is 14.8 Å². The molecule has 1 aliphatic carbocycles. The molecule has 2 aliphatic rings. The van der Waals surface area contributed by atoms with E-state index in [1.54, 1.807) is 0 Å². The smallest absolute Gasteiger partial charge is 0.226 e. The Morgan fingerprint density at radius 2 is 1.10 bits per heavy atom. The van der Waals surface area contributed by atoms with Gasteiger partial charge in [-0.3, -0.25) is 4.79 Å². The summed E-state index contributed by atoms with van der Waals surface area (Å²) < 4.78 is 4.39. The number of anilines is 4. The number of hydrogen-bond acceptors (Lipinski definition) is 6. The van der Waals surface area contributed by atoms with E-state index in [0.29, 0.717) is 47.5 Å². The lowest BCUT2D eigenvalue weighted by Crippen LogP contribution is -2.30. The fourth-order valence-corrected chi connectivity index (χ4v) is 8.34. The monoisotopic (exact) mass is 825 g/mol. The number of aliphatic hydroxyl groups is 1. The lowest BCUT2D eigenvalue weighted by atomic mass is 9.84. The molecule has 2 unspecified atom stereocenters. The largest absolute Gasteiger partial charge is 0.506 e. The summed E-state index contributed by atoms with van der Waals surface area (Å²) in [6, 6.07) is 44.4. The number of unbranched alkanes of at least 4 members (excludes halogenated alkanes) is 2. The van der Waals surface area contributed by atoms with Crippen LogP contribution in [-0.2, 0) is 11.3 Å². The molecule has 0 radical (unpaired) electrons. The number of Topliss-reactive ketones (excluding diaryl/α,β-unsaturated/α-hetero) is 1. The zero-order valence-electron chi connectivity index (χ0n) is 36.8. The maximum atomic E-state index is 14.7. The summed E-state index contributed by atoms with van der Waals surface area (Å²) in [7, 11) is 0. The summed E-state index contributed by atoms with van der Waals surface area (Å²) in [5.74, 6) is 0.679. The van der Waals surface area contributed by atoms with Crippen molar-refractivity contribution < 1.29 is 14.5 Å². The number of hydrogen-bond donors (Lipinski definition) is 1. The van der Waals surface area contributed by atoms with Crippen LogP contribution in [0.25, 0.3) is 5.57 Å². The Bertz CT molecular complexity index is 2370. The minimum absolute atomic E-state index is 0.0364. The van der Waals surface area contributed by atoms with E-state index in [-0.39, 0.29) is 11.5 Å². The molecule has 0 saturated carbocycles. The molecule has 1 N–H and O–H groups in total. The predicted octanol–water partition coefficient (Wildman–Crippen LogP) is 13.0. The van der Waals surface area contributed by atoms with Crippen LogP contribution in [0.15, 0.2) is 173 Å². The average Bonchev–Trinajstić information content (AvgIpc) is 3.89. The Hall–Kier alpha value is -6.54. The van der Waals surface area contributed by atoms with Gasteiger partial charge in [-0.1, -0.05) is 133 Å². The lowest BCUT2D eigenvalue weighted by molar-refractivity contribution is -0.476. The molecule has 1 aromatic heterocycles. The first-order valence-electron chi connectivity index (χ1n) is 22.6. The summed E-state index contributed by atoms with van der Waals surface area (Å²) in [6.07, 6.45) is 16.4. The number of benzene rings is 4. The number of carbonyl (C=O) groups is 1. The zero-order chi connectivity index (χ0) is 43.3. The van der Waals surface area contributed by atoms with E-state index in [1.807, 2.05) is 168 Å². The van der Waals surface area contributed by atoms with Gasteiger partial charge in [0.25, 0.3) is 0 Å². The third kappa shape index (κ3) is 9.97. The number of carbonyl (C=O) groups excluding carboxylic acids is 1. The summed E-state index contributed by atoms with van der Waals surface area (Å²) in [6.45, 7) is 10.3. The maximum absolute atomic E-state index is 14.7. The van der Waals surface area contributed by atoms with E-state index in [1.165, 1.54) is 0 Å². The first-order valence-corrected chi connectivity index (χ1v) is 22.6. The van der Waals surface area contributed by atoms with Crippen molar-refractivity contribution in [2.45, 2.75) is 85.6 Å². The molecule has 1 aliphatic heterocycles. The highest BCUT2D eigenvalue weighted by atomic mass is 16.3. The summed E-state index contributed by atoms with van der Waals surface area (Å²) in [5.41, 5.74) is 7.66. The first-order chi connectivity index (χ1) is 30.4. The molecule has 0 fully saturated rings. The standard InChI is InChI=1S/C54H60N6O2/c1-5-9-23-41(7-3)39-57-47(37-55-59(43-25-15-11-16-26-43)44-27-17-12-18-28-44)33-35-49(57)51-53(61)52(54(51)62)50-36-34-48(58(50)40-42(8-4)24-10-6-2)38-56-60(45-29-19-13-20-30-45)46-31-21-14-22-32-46/h11-22,25-38,41-42H,5-10,23-24,39-40H2,1-4H3/p+1. The maximum Gasteiger partial charge on any atom is 0.226 e. The second-order valence-electron chi connectivity index (χ2n) is 16.2. The minimum Gasteiger partial charge on any atom is -0.506 e. The molecular weight excluding hydrogens is 765 g/mol. The fraction of sp³-hybridized carbons (Fsp3) is 0.296. The highest BCUT2D eigenvalue weighted by molar-refractivity contribution is 6.39. The van der Waals surface area contributed by atoms with Crippen LogP contribution in [0.3, 0.4) is 0 Å². The molecule has 0 amide bonds. The van der Waals surface area contributed by atoms with Crippen LogP contribution in [0.5, 0.6) is 0 Å². The molecule has 2 atom stereocenters. The van der Waals surface area contributed by atoms with E-state index < -0.39 is 0 Å². The van der Waals surface area contributed by atoms with Gasteiger partial charge in [-0.05, 0) is 85.8 Å². The van der Waals surface area contributed by atoms with Gasteiger partial charge in [-0.15, -0.1) is 0 Å². The number of nitrogens with zero attached hydrogens (tertiary/aromatic N) is 6. The van der Waals surface area contributed by atoms with Crippen LogP contribution in [0.2, 0.25) is 0 Å². The number of para-hydroxylation sites is 4. The third-order valence-corrected chi connectivity index (χ3v) is 12.1. The highest BCUT2D eigenvalue weighted by Crippen LogP contribution is 2.41. The molecule has 7 rings (SSSR count). The van der Waals surface area contributed by atoms with Crippen LogP contribution in [0, 0.1) is 11.8 Å². The van der Waals surface area contributed by atoms with Crippen molar-refractivity contribution in [3.05, 3.63) is 174 Å². The predicted molar refractivity (Wildman–Crippen MR) is 258 cm³/mol. The quantitative estimate of drug-likeness (QED) is 0.0346. The molecule has 8 nitrogen and oxygen atoms in total. The topological polar surface area (TPSA) is 76.4 Å². The van der Waals surface area contributed by atoms with Crippen LogP contribution in [0.1, 0.15) is 90.4 Å². The van der Waals surface area contributed by atoms with Crippen molar-refractivity contribution in [2.24, 2.45) is 22.0 Å². The van der Waals surface area contributed by atoms with Crippen LogP contribution < -0.4 is 10.0 Å². The molecule has 318 valence electrons. The average molecular weight is 826 g/mol. The van der Waals surface area contributed by atoms with Crippen molar-refractivity contribution in [1.82, 2.24) is 4.57 Å². The van der Waals surface area contributed by atoms with Gasteiger partial charge >= 0.3 is 0 Å². The molecule has 0 spiro atoms. The van der Waals surface area contributed by atoms with E-state index in [0.717, 1.165) is 85.5 Å². The highest BCUT2D eigenvalue weighted by Gasteiger charge is 2.44. The van der Waals surface area contributed by atoms with Crippen molar-refractivity contribution in [2.75, 3.05) is 16.6 Å². The van der Waals surface area contributed by atoms with E-state index in [2.05, 4.69) is 36.8 Å². The SMILES string of the molecule is CCCCC(CC)Cn1c(/C=N/N(c2ccccc2)c2ccccc2)ccc1C1=C(O)/C(=C2\C=CC(/C=N/N(c3ccccc3)c3ccccc3)=[N+]2CC(CC)CCCC)C1=O. The fourth-order valence-electron chi connectivity index (χ4n) is 8.34. The molecule has 0 saturated heterocycles. The van der Waals surface area contributed by atoms with Crippen molar-refractivity contribution >= 4 is 52.2 Å². The molecule has 62 heavy (non-hydrogen) atoms. The molecule has 2 heterocycles. The van der Waals surface area contributed by atoms with Crippen molar-refractivity contribution in [1.29, 1.82) is 0 Å². The van der Waals surface area contributed by atoms with Crippen molar-refractivity contribution in [3.63, 3.8) is 0 Å². The summed E-state index contributed by atoms with van der Waals surface area (Å²) >= 11 is 0. The molecule has 5 aromatic rings. The number of ketones is 1. The Kier molecular flexibility index (Phi) is 15.0. The third-order valence-electron chi connectivity index (χ3n) is 12.1. The van der Waals surface area contributed by atoms with Gasteiger partial charge in [0, 0.05) is 24.6 Å². The van der Waals surface area contributed by atoms with Crippen LogP contribution in [-0.4, -0.2) is 44.7 Å². The Morgan fingerprint density at radius 1 is 0.613 bits per heavy atom. The van der Waals surface area contributed by atoms with Crippen molar-refractivity contribution in [3.8, 4) is 0 Å². The second kappa shape index (κ2) is 21.3. The Morgan fingerprint density at radius 3 is 1.56 bits per heavy atom. The Balaban J connectivity index is 1.30. The summed E-state index contributed by atoms with van der Waals surface area (Å²) in [5, 5.41) is 26.1. The number of rotatable bonds is 21. The number of hydrazone groups is 2. The van der Waals surface area contributed by atoms with Gasteiger partial charge < -0.3 is 9.67 Å². The number of aromatic nitrogens is 1. The lowest BCUT2D eigenvalue weighted by Gasteiger charge is -2.25. The van der Waals surface area contributed by atoms with E-state index in [4.69, 9.17) is 10.2 Å². The minimum atomic E-state index is -0.151. The second-order valence-corrected chi connectivity index (χ2v) is 16.2. The van der Waals surface area contributed by atoms with Crippen LogP contribution >= 0.6 is 0 Å².